The fraction of sp³-hybridized carbons (Fsp3) is 0.778. The molecule has 0 amide bonds. The molecule has 0 aliphatic carbocycles. The second-order valence-electron chi connectivity index (χ2n) is 4.30. The Hall–Kier alpha value is -0.810. The van der Waals surface area contributed by atoms with Crippen LogP contribution in [0.5, 0.6) is 0 Å². The lowest BCUT2D eigenvalue weighted by Gasteiger charge is -2.28. The number of nitrogens with zero attached hydrogens (tertiary/aromatic N) is 1. The molecule has 5 nitrogen and oxygen atoms in total. The number of halogens is 1. The van der Waals surface area contributed by atoms with Crippen LogP contribution >= 0.6 is 0 Å². The summed E-state index contributed by atoms with van der Waals surface area (Å²) in [7, 11) is 5.75. The Morgan fingerprint density at radius 1 is 1.33 bits per heavy atom. The molecule has 1 N–H and O–H groups in total. The third kappa shape index (κ3) is 11.1. The molecule has 0 radical (unpaired) electrons. The number of hydrogen-bond acceptors (Lipinski definition) is 3. The summed E-state index contributed by atoms with van der Waals surface area (Å²) in [5.74, 6) is -1.39. The molecule has 0 unspecified atom stereocenters. The van der Waals surface area contributed by atoms with E-state index in [0.29, 0.717) is 11.0 Å². The van der Waals surface area contributed by atoms with Crippen molar-refractivity contribution in [1.29, 1.82) is 0 Å². The van der Waals surface area contributed by atoms with Crippen molar-refractivity contribution in [2.45, 2.75) is 19.4 Å². The van der Waals surface area contributed by atoms with Gasteiger partial charge in [0.05, 0.1) is 27.6 Å². The number of rotatable bonds is 5. The third-order valence-corrected chi connectivity index (χ3v) is 1.49. The van der Waals surface area contributed by atoms with Crippen molar-refractivity contribution in [1.82, 2.24) is 0 Å². The molecule has 0 saturated carbocycles. The average molecular weight is 242 g/mol. The first-order valence-electron chi connectivity index (χ1n) is 4.40. The lowest BCUT2D eigenvalue weighted by Crippen LogP contribution is -3.00. The van der Waals surface area contributed by atoms with Crippen molar-refractivity contribution in [2.75, 3.05) is 27.7 Å². The van der Waals surface area contributed by atoms with Gasteiger partial charge in [0.1, 0.15) is 6.54 Å². The van der Waals surface area contributed by atoms with Gasteiger partial charge in [-0.2, -0.15) is 0 Å². The van der Waals surface area contributed by atoms with E-state index in [0.717, 1.165) is 0 Å². The smallest absolute Gasteiger partial charge is 0.307 e. The lowest BCUT2D eigenvalue weighted by molar-refractivity contribution is -0.873. The highest BCUT2D eigenvalue weighted by atomic mass is 35.5. The molecule has 0 rings (SSSR count). The van der Waals surface area contributed by atoms with Crippen LogP contribution in [0.4, 0.5) is 0 Å². The van der Waals surface area contributed by atoms with Crippen LogP contribution in [0.15, 0.2) is 0 Å². The molecule has 6 heteroatoms. The number of carboxylic acid groups (broad SMARTS) is 1. The van der Waals surface area contributed by atoms with Crippen molar-refractivity contribution in [3.8, 4) is 0 Å². The molecule has 0 aliphatic rings. The van der Waals surface area contributed by atoms with Crippen molar-refractivity contribution >= 4 is 11.9 Å². The topological polar surface area (TPSA) is 63.6 Å². The molecular formula is C9H18ClNO4. The molecular weight excluding hydrogens is 224 g/mol. The monoisotopic (exact) mass is 241 g/mol. The average Bonchev–Trinajstić information content (AvgIpc) is 1.77. The SMILES string of the molecule is C[N+](C)(C)C[C@@H](CC(=O)O)O[13C]([13CH3])=O.[Cl-]. The van der Waals surface area contributed by atoms with Crippen LogP contribution in [0.1, 0.15) is 13.3 Å². The van der Waals surface area contributed by atoms with Gasteiger partial charge >= 0.3 is 11.9 Å². The summed E-state index contributed by atoms with van der Waals surface area (Å²) in [4.78, 5) is 21.2. The van der Waals surface area contributed by atoms with Crippen LogP contribution in [0.3, 0.4) is 0 Å². The number of carboxylic acids is 1. The summed E-state index contributed by atoms with van der Waals surface area (Å²) in [6, 6.07) is 0. The second-order valence-corrected chi connectivity index (χ2v) is 4.30. The van der Waals surface area contributed by atoms with Crippen LogP contribution in [-0.4, -0.2) is 55.3 Å². The van der Waals surface area contributed by atoms with Gasteiger partial charge in [0.15, 0.2) is 6.10 Å². The molecule has 0 saturated heterocycles. The van der Waals surface area contributed by atoms with Gasteiger partial charge in [-0.15, -0.1) is 0 Å². The van der Waals surface area contributed by atoms with E-state index in [-0.39, 0.29) is 18.8 Å². The number of likely N-dealkylation sites (N-methyl/N-ethyl adjacent to an activating group) is 1. The Balaban J connectivity index is 0. The summed E-state index contributed by atoms with van der Waals surface area (Å²) >= 11 is 0. The van der Waals surface area contributed by atoms with Crippen LogP contribution < -0.4 is 12.4 Å². The van der Waals surface area contributed by atoms with Crippen LogP contribution in [0, 0.1) is 0 Å². The van der Waals surface area contributed by atoms with E-state index in [1.54, 1.807) is 0 Å². The summed E-state index contributed by atoms with van der Waals surface area (Å²) in [5.41, 5.74) is 0. The van der Waals surface area contributed by atoms with E-state index in [4.69, 9.17) is 9.84 Å². The summed E-state index contributed by atoms with van der Waals surface area (Å²) in [6.07, 6.45) is -0.695. The van der Waals surface area contributed by atoms with E-state index in [1.165, 1.54) is 6.92 Å². The maximum absolute atomic E-state index is 10.7. The van der Waals surface area contributed by atoms with Crippen LogP contribution in [0.25, 0.3) is 0 Å². The van der Waals surface area contributed by atoms with Gasteiger partial charge in [0, 0.05) is 6.92 Å². The van der Waals surface area contributed by atoms with Crippen LogP contribution in [-0.2, 0) is 14.3 Å². The van der Waals surface area contributed by atoms with E-state index in [1.807, 2.05) is 21.1 Å². The molecule has 15 heavy (non-hydrogen) atoms. The van der Waals surface area contributed by atoms with Gasteiger partial charge in [0.25, 0.3) is 0 Å². The summed E-state index contributed by atoms with van der Waals surface area (Å²) in [6.45, 7) is 1.77. The van der Waals surface area contributed by atoms with Gasteiger partial charge in [-0.3, -0.25) is 9.59 Å². The second kappa shape index (κ2) is 6.63. The quantitative estimate of drug-likeness (QED) is 0.319. The molecule has 0 aromatic rings. The van der Waals surface area contributed by atoms with Gasteiger partial charge in [-0.25, -0.2) is 0 Å². The predicted molar refractivity (Wildman–Crippen MR) is 50.7 cm³/mol. The van der Waals surface area contributed by atoms with Crippen molar-refractivity contribution in [3.05, 3.63) is 0 Å². The predicted octanol–water partition coefficient (Wildman–Crippen LogP) is -2.90. The van der Waals surface area contributed by atoms with Crippen LogP contribution in [0.2, 0.25) is 0 Å². The van der Waals surface area contributed by atoms with Crippen molar-refractivity contribution in [3.63, 3.8) is 0 Å². The number of hydrogen-bond donors (Lipinski definition) is 1. The number of carbonyl (C=O) groups excluding carboxylic acids is 1. The summed E-state index contributed by atoms with van der Waals surface area (Å²) < 4.78 is 5.46. The zero-order valence-corrected chi connectivity index (χ0v) is 10.2. The van der Waals surface area contributed by atoms with E-state index in [9.17, 15) is 9.59 Å². The van der Waals surface area contributed by atoms with E-state index >= 15 is 0 Å². The molecule has 0 fully saturated rings. The Bertz CT molecular complexity index is 209. The van der Waals surface area contributed by atoms with E-state index in [2.05, 4.69) is 0 Å². The standard InChI is InChI=1S/C9H17NO4.ClH/c1-7(11)14-8(5-9(12)13)6-10(2,3)4;/h8H,5-6H2,1-4H3;1H/t8-;/m1./s1/i1+1,7+1;. The maximum Gasteiger partial charge on any atom is 0.307 e. The fourth-order valence-corrected chi connectivity index (χ4v) is 1.18. The number of aliphatic carboxylic acids is 1. The van der Waals surface area contributed by atoms with Gasteiger partial charge in [-0.05, 0) is 0 Å². The van der Waals surface area contributed by atoms with Gasteiger partial charge in [-0.1, -0.05) is 0 Å². The normalized spacial score (nSPS) is 12.5. The Morgan fingerprint density at radius 3 is 2.07 bits per heavy atom. The fourth-order valence-electron chi connectivity index (χ4n) is 1.18. The third-order valence-electron chi connectivity index (χ3n) is 1.49. The molecule has 1 atom stereocenters. The Kier molecular flexibility index (Phi) is 7.35. The van der Waals surface area contributed by atoms with Crippen molar-refractivity contribution in [2.24, 2.45) is 0 Å². The first kappa shape index (κ1) is 16.6. The van der Waals surface area contributed by atoms with Gasteiger partial charge < -0.3 is 26.7 Å². The number of carbonyl (C=O) groups is 2. The largest absolute Gasteiger partial charge is 1.00 e. The molecule has 0 aromatic heterocycles. The lowest BCUT2D eigenvalue weighted by atomic mass is 10.2. The molecule has 0 spiro atoms. The zero-order chi connectivity index (χ0) is 11.4. The van der Waals surface area contributed by atoms with Gasteiger partial charge in [0.2, 0.25) is 0 Å². The first-order valence-corrected chi connectivity index (χ1v) is 4.40. The molecule has 0 aromatic carbocycles. The molecule has 0 bridgehead atoms. The number of esters is 1. The minimum absolute atomic E-state index is 0. The maximum atomic E-state index is 10.7. The molecule has 90 valence electrons. The van der Waals surface area contributed by atoms with E-state index < -0.39 is 18.0 Å². The number of ether oxygens (including phenoxy) is 1. The highest BCUT2D eigenvalue weighted by Crippen LogP contribution is 2.04. The molecule has 0 heterocycles. The zero-order valence-electron chi connectivity index (χ0n) is 9.49. The Labute approximate surface area is 96.0 Å². The summed E-state index contributed by atoms with van der Waals surface area (Å²) in [5, 5.41) is 8.60. The highest BCUT2D eigenvalue weighted by molar-refractivity contribution is 5.69. The molecule has 0 aliphatic heterocycles. The minimum atomic E-state index is -0.954. The first-order chi connectivity index (χ1) is 6.20. The minimum Gasteiger partial charge on any atom is -1.00 e. The Morgan fingerprint density at radius 2 is 1.80 bits per heavy atom. The number of quaternary nitrogens is 1. The highest BCUT2D eigenvalue weighted by Gasteiger charge is 2.23. The van der Waals surface area contributed by atoms with Crippen molar-refractivity contribution < 1.29 is 36.3 Å².